The van der Waals surface area contributed by atoms with Crippen molar-refractivity contribution in [3.8, 4) is 0 Å². The minimum Gasteiger partial charge on any atom is -0.354 e. The van der Waals surface area contributed by atoms with Crippen molar-refractivity contribution in [3.05, 3.63) is 0 Å². The second-order valence-electron chi connectivity index (χ2n) is 5.81. The molecule has 5 heteroatoms. The van der Waals surface area contributed by atoms with Crippen LogP contribution in [0.25, 0.3) is 0 Å². The Kier molecular flexibility index (Phi) is 8.26. The average Bonchev–Trinajstić information content (AvgIpc) is 2.44. The van der Waals surface area contributed by atoms with Gasteiger partial charge in [0.25, 0.3) is 0 Å². The highest BCUT2D eigenvalue weighted by molar-refractivity contribution is 5.78. The molecule has 2 amide bonds. The van der Waals surface area contributed by atoms with E-state index in [0.29, 0.717) is 32.0 Å². The van der Waals surface area contributed by atoms with Crippen LogP contribution >= 0.6 is 0 Å². The maximum atomic E-state index is 11.8. The van der Waals surface area contributed by atoms with Crippen LogP contribution in [0.3, 0.4) is 0 Å². The first kappa shape index (κ1) is 17.0. The molecule has 20 heavy (non-hydrogen) atoms. The highest BCUT2D eigenvalue weighted by atomic mass is 16.2. The van der Waals surface area contributed by atoms with E-state index in [2.05, 4.69) is 16.0 Å². The zero-order valence-electron chi connectivity index (χ0n) is 12.8. The molecule has 0 aromatic carbocycles. The van der Waals surface area contributed by atoms with Crippen molar-refractivity contribution in [1.82, 2.24) is 16.0 Å². The maximum absolute atomic E-state index is 11.8. The van der Waals surface area contributed by atoms with E-state index in [9.17, 15) is 9.59 Å². The third-order valence-corrected chi connectivity index (χ3v) is 3.90. The van der Waals surface area contributed by atoms with Gasteiger partial charge in [0.05, 0.1) is 0 Å². The summed E-state index contributed by atoms with van der Waals surface area (Å²) < 4.78 is 0. The first-order valence-electron chi connectivity index (χ1n) is 7.82. The molecule has 1 rings (SSSR count). The van der Waals surface area contributed by atoms with E-state index < -0.39 is 0 Å². The third kappa shape index (κ3) is 6.89. The summed E-state index contributed by atoms with van der Waals surface area (Å²) in [6, 6.07) is 0. The summed E-state index contributed by atoms with van der Waals surface area (Å²) in [5.74, 6) is 0.669. The third-order valence-electron chi connectivity index (χ3n) is 3.90. The van der Waals surface area contributed by atoms with Crippen molar-refractivity contribution in [2.75, 3.05) is 26.7 Å². The lowest BCUT2D eigenvalue weighted by molar-refractivity contribution is -0.125. The summed E-state index contributed by atoms with van der Waals surface area (Å²) >= 11 is 0. The summed E-state index contributed by atoms with van der Waals surface area (Å²) in [6.07, 6.45) is 6.85. The molecule has 0 heterocycles. The van der Waals surface area contributed by atoms with Crippen LogP contribution in [0.5, 0.6) is 0 Å². The fourth-order valence-corrected chi connectivity index (χ4v) is 2.69. The Bertz CT molecular complexity index is 301. The fraction of sp³-hybridized carbons (Fsp3) is 0.867. The Morgan fingerprint density at radius 3 is 2.40 bits per heavy atom. The van der Waals surface area contributed by atoms with Gasteiger partial charge in [-0.05, 0) is 25.8 Å². The average molecular weight is 283 g/mol. The van der Waals surface area contributed by atoms with E-state index >= 15 is 0 Å². The summed E-state index contributed by atoms with van der Waals surface area (Å²) in [5, 5.41) is 8.69. The van der Waals surface area contributed by atoms with Gasteiger partial charge in [-0.25, -0.2) is 0 Å². The van der Waals surface area contributed by atoms with Gasteiger partial charge >= 0.3 is 0 Å². The number of carbonyl (C=O) groups is 2. The molecule has 0 aromatic rings. The van der Waals surface area contributed by atoms with Crippen molar-refractivity contribution in [1.29, 1.82) is 0 Å². The van der Waals surface area contributed by atoms with E-state index in [1.54, 1.807) is 0 Å². The van der Waals surface area contributed by atoms with Crippen LogP contribution in [-0.2, 0) is 9.59 Å². The molecule has 1 fully saturated rings. The Labute approximate surface area is 122 Å². The molecule has 1 aliphatic carbocycles. The quantitative estimate of drug-likeness (QED) is 0.583. The van der Waals surface area contributed by atoms with E-state index in [-0.39, 0.29) is 17.7 Å². The largest absolute Gasteiger partial charge is 0.354 e. The molecule has 1 atom stereocenters. The lowest BCUT2D eigenvalue weighted by Crippen LogP contribution is -2.39. The number of nitrogens with one attached hydrogen (secondary N) is 3. The van der Waals surface area contributed by atoms with Crippen LogP contribution in [0.2, 0.25) is 0 Å². The predicted molar refractivity (Wildman–Crippen MR) is 80.3 cm³/mol. The minimum absolute atomic E-state index is 0.0286. The monoisotopic (exact) mass is 283 g/mol. The zero-order valence-corrected chi connectivity index (χ0v) is 12.8. The van der Waals surface area contributed by atoms with Gasteiger partial charge in [0.1, 0.15) is 0 Å². The molecule has 0 bridgehead atoms. The van der Waals surface area contributed by atoms with Crippen LogP contribution in [0.4, 0.5) is 0 Å². The van der Waals surface area contributed by atoms with Crippen molar-refractivity contribution in [3.63, 3.8) is 0 Å². The van der Waals surface area contributed by atoms with Gasteiger partial charge < -0.3 is 16.0 Å². The summed E-state index contributed by atoms with van der Waals surface area (Å²) in [5.41, 5.74) is 0. The summed E-state index contributed by atoms with van der Waals surface area (Å²) in [7, 11) is 1.83. The van der Waals surface area contributed by atoms with Gasteiger partial charge in [0, 0.05) is 32.0 Å². The Morgan fingerprint density at radius 2 is 1.75 bits per heavy atom. The van der Waals surface area contributed by atoms with Crippen LogP contribution in [0.1, 0.15) is 45.4 Å². The number of rotatable bonds is 8. The molecular weight excluding hydrogens is 254 g/mol. The molecule has 3 N–H and O–H groups in total. The molecule has 1 aliphatic rings. The fourth-order valence-electron chi connectivity index (χ4n) is 2.69. The highest BCUT2D eigenvalue weighted by Gasteiger charge is 2.16. The second kappa shape index (κ2) is 9.75. The lowest BCUT2D eigenvalue weighted by Gasteiger charge is -2.20. The number of hydrogen-bond donors (Lipinski definition) is 3. The minimum atomic E-state index is -0.0436. The van der Waals surface area contributed by atoms with Crippen molar-refractivity contribution in [2.24, 2.45) is 11.8 Å². The predicted octanol–water partition coefficient (Wildman–Crippen LogP) is 1.04. The first-order valence-corrected chi connectivity index (χ1v) is 7.82. The van der Waals surface area contributed by atoms with Crippen LogP contribution in [0.15, 0.2) is 0 Å². The summed E-state index contributed by atoms with van der Waals surface area (Å²) in [6.45, 7) is 3.57. The molecule has 0 radical (unpaired) electrons. The normalized spacial score (nSPS) is 17.5. The topological polar surface area (TPSA) is 70.2 Å². The van der Waals surface area contributed by atoms with E-state index in [1.807, 2.05) is 14.0 Å². The molecule has 1 unspecified atom stereocenters. The first-order chi connectivity index (χ1) is 9.63. The van der Waals surface area contributed by atoms with Crippen LogP contribution < -0.4 is 16.0 Å². The smallest absolute Gasteiger partial charge is 0.224 e. The lowest BCUT2D eigenvalue weighted by atomic mass is 9.87. The molecule has 5 nitrogen and oxygen atoms in total. The highest BCUT2D eigenvalue weighted by Crippen LogP contribution is 2.25. The van der Waals surface area contributed by atoms with Gasteiger partial charge in [-0.1, -0.05) is 26.2 Å². The second-order valence-corrected chi connectivity index (χ2v) is 5.81. The number of amides is 2. The van der Waals surface area contributed by atoms with Gasteiger partial charge in [-0.3, -0.25) is 9.59 Å². The van der Waals surface area contributed by atoms with Gasteiger partial charge in [-0.2, -0.15) is 0 Å². The number of hydrogen-bond acceptors (Lipinski definition) is 3. The van der Waals surface area contributed by atoms with Crippen molar-refractivity contribution >= 4 is 11.8 Å². The van der Waals surface area contributed by atoms with Crippen molar-refractivity contribution in [2.45, 2.75) is 45.4 Å². The molecule has 0 aliphatic heterocycles. The molecule has 1 saturated carbocycles. The summed E-state index contributed by atoms with van der Waals surface area (Å²) in [4.78, 5) is 23.4. The number of carbonyl (C=O) groups excluding carboxylic acids is 2. The Hall–Kier alpha value is -1.10. The standard InChI is InChI=1S/C15H29N3O2/c1-12(11-16-2)15(20)18-9-8-17-14(19)10-13-6-4-3-5-7-13/h12-13,16H,3-11H2,1-2H3,(H,17,19)(H,18,20). The van der Waals surface area contributed by atoms with E-state index in [1.165, 1.54) is 32.1 Å². The van der Waals surface area contributed by atoms with Gasteiger partial charge in [0.15, 0.2) is 0 Å². The van der Waals surface area contributed by atoms with E-state index in [4.69, 9.17) is 0 Å². The molecule has 0 saturated heterocycles. The van der Waals surface area contributed by atoms with Gasteiger partial charge in [0.2, 0.25) is 11.8 Å². The Balaban J connectivity index is 2.05. The molecular formula is C15H29N3O2. The molecule has 116 valence electrons. The van der Waals surface area contributed by atoms with Gasteiger partial charge in [-0.15, -0.1) is 0 Å². The van der Waals surface area contributed by atoms with Crippen LogP contribution in [0, 0.1) is 11.8 Å². The van der Waals surface area contributed by atoms with E-state index in [0.717, 1.165) is 0 Å². The van der Waals surface area contributed by atoms with Crippen LogP contribution in [-0.4, -0.2) is 38.5 Å². The SMILES string of the molecule is CNCC(C)C(=O)NCCNC(=O)CC1CCCCC1. The Morgan fingerprint density at radius 1 is 1.10 bits per heavy atom. The zero-order chi connectivity index (χ0) is 14.8. The molecule has 0 spiro atoms. The maximum Gasteiger partial charge on any atom is 0.224 e. The molecule has 0 aromatic heterocycles. The van der Waals surface area contributed by atoms with Crippen molar-refractivity contribution < 1.29 is 9.59 Å².